The van der Waals surface area contributed by atoms with Crippen molar-refractivity contribution in [2.45, 2.75) is 20.3 Å². The number of halogens is 1. The number of nitrogens with zero attached hydrogens (tertiary/aromatic N) is 4. The summed E-state index contributed by atoms with van der Waals surface area (Å²) in [5.41, 5.74) is 2.21. The van der Waals surface area contributed by atoms with Gasteiger partial charge in [-0.15, -0.1) is 0 Å². The standard InChI is InChI=1S/C30H26FN5O5/c1-5-18-8-6-7-9-23(18)36-27(37)12-17(2)28(35-36)30(38)41-24-13-19(10-11-21(24)31)34-29-20-14-25(39-3)26(40-4)15-22(20)32-16-33-29/h6-16H,5H2,1-4H3,(H,32,33,34). The molecule has 0 aliphatic rings. The van der Waals surface area contributed by atoms with Crippen LogP contribution in [0.2, 0.25) is 0 Å². The Morgan fingerprint density at radius 1 is 0.976 bits per heavy atom. The predicted octanol–water partition coefficient (Wildman–Crippen LogP) is 5.17. The van der Waals surface area contributed by atoms with E-state index in [4.69, 9.17) is 14.2 Å². The van der Waals surface area contributed by atoms with Crippen molar-refractivity contribution in [3.8, 4) is 22.9 Å². The van der Waals surface area contributed by atoms with Gasteiger partial charge in [0, 0.05) is 29.3 Å². The minimum Gasteiger partial charge on any atom is -0.493 e. The smallest absolute Gasteiger partial charge is 0.364 e. The first-order valence-corrected chi connectivity index (χ1v) is 12.7. The third-order valence-corrected chi connectivity index (χ3v) is 6.45. The SMILES string of the molecule is CCc1ccccc1-n1nc(C(=O)Oc2cc(Nc3ncnc4cc(OC)c(OC)cc34)ccc2F)c(C)cc1=O. The van der Waals surface area contributed by atoms with Gasteiger partial charge in [-0.1, -0.05) is 25.1 Å². The summed E-state index contributed by atoms with van der Waals surface area (Å²) < 4.78 is 32.1. The lowest BCUT2D eigenvalue weighted by Gasteiger charge is -2.14. The highest BCUT2D eigenvalue weighted by Gasteiger charge is 2.20. The van der Waals surface area contributed by atoms with E-state index in [1.807, 2.05) is 19.1 Å². The van der Waals surface area contributed by atoms with E-state index in [2.05, 4.69) is 20.4 Å². The van der Waals surface area contributed by atoms with Crippen molar-refractivity contribution in [3.63, 3.8) is 0 Å². The van der Waals surface area contributed by atoms with Crippen LogP contribution >= 0.6 is 0 Å². The van der Waals surface area contributed by atoms with Gasteiger partial charge in [-0.05, 0) is 48.7 Å². The van der Waals surface area contributed by atoms with Crippen LogP contribution in [-0.2, 0) is 6.42 Å². The van der Waals surface area contributed by atoms with Crippen molar-refractivity contribution in [1.29, 1.82) is 0 Å². The Hall–Kier alpha value is -5.32. The molecule has 208 valence electrons. The second kappa shape index (κ2) is 11.4. The van der Waals surface area contributed by atoms with Gasteiger partial charge in [-0.25, -0.2) is 19.2 Å². The highest BCUT2D eigenvalue weighted by Crippen LogP contribution is 2.35. The fourth-order valence-corrected chi connectivity index (χ4v) is 4.36. The van der Waals surface area contributed by atoms with Crippen molar-refractivity contribution in [2.24, 2.45) is 0 Å². The summed E-state index contributed by atoms with van der Waals surface area (Å²) in [6, 6.07) is 16.0. The Morgan fingerprint density at radius 3 is 2.49 bits per heavy atom. The number of para-hydroxylation sites is 1. The number of hydrogen-bond acceptors (Lipinski definition) is 9. The van der Waals surface area contributed by atoms with Gasteiger partial charge >= 0.3 is 5.97 Å². The van der Waals surface area contributed by atoms with E-state index in [-0.39, 0.29) is 11.4 Å². The number of rotatable bonds is 8. The minimum atomic E-state index is -0.911. The van der Waals surface area contributed by atoms with Gasteiger partial charge in [0.2, 0.25) is 0 Å². The predicted molar refractivity (Wildman–Crippen MR) is 151 cm³/mol. The van der Waals surface area contributed by atoms with E-state index in [0.717, 1.165) is 16.3 Å². The van der Waals surface area contributed by atoms with E-state index in [1.165, 1.54) is 38.7 Å². The first-order valence-electron chi connectivity index (χ1n) is 12.7. The van der Waals surface area contributed by atoms with Gasteiger partial charge in [-0.3, -0.25) is 4.79 Å². The molecular weight excluding hydrogens is 529 g/mol. The molecule has 0 bridgehead atoms. The molecule has 0 aliphatic heterocycles. The highest BCUT2D eigenvalue weighted by molar-refractivity contribution is 5.93. The van der Waals surface area contributed by atoms with Crippen LogP contribution in [0.3, 0.4) is 0 Å². The molecule has 0 spiro atoms. The van der Waals surface area contributed by atoms with Gasteiger partial charge in [0.15, 0.2) is 28.8 Å². The lowest BCUT2D eigenvalue weighted by Crippen LogP contribution is -2.26. The van der Waals surface area contributed by atoms with Crippen molar-refractivity contribution < 1.29 is 23.4 Å². The number of carbonyl (C=O) groups excluding carboxylic acids is 1. The number of anilines is 2. The number of nitrogens with one attached hydrogen (secondary N) is 1. The zero-order chi connectivity index (χ0) is 29.1. The molecule has 41 heavy (non-hydrogen) atoms. The Balaban J connectivity index is 1.46. The molecule has 2 heterocycles. The Labute approximate surface area is 234 Å². The maximum Gasteiger partial charge on any atom is 0.364 e. The summed E-state index contributed by atoms with van der Waals surface area (Å²) in [7, 11) is 3.05. The molecule has 0 saturated heterocycles. The van der Waals surface area contributed by atoms with Crippen LogP contribution in [-0.4, -0.2) is 39.9 Å². The summed E-state index contributed by atoms with van der Waals surface area (Å²) in [5, 5.41) is 8.02. The molecule has 5 rings (SSSR count). The maximum absolute atomic E-state index is 14.8. The average molecular weight is 556 g/mol. The molecule has 3 aromatic carbocycles. The molecule has 0 aliphatic carbocycles. The Bertz CT molecular complexity index is 1840. The molecule has 11 heteroatoms. The molecule has 10 nitrogen and oxygen atoms in total. The van der Waals surface area contributed by atoms with Crippen LogP contribution in [0.25, 0.3) is 16.6 Å². The number of benzene rings is 3. The average Bonchev–Trinajstić information content (AvgIpc) is 2.98. The fraction of sp³-hybridized carbons (Fsp3) is 0.167. The van der Waals surface area contributed by atoms with Crippen molar-refractivity contribution >= 4 is 28.4 Å². The normalized spacial score (nSPS) is 10.9. The topological polar surface area (TPSA) is 117 Å². The number of aryl methyl sites for hydroxylation is 2. The third kappa shape index (κ3) is 5.42. The maximum atomic E-state index is 14.8. The number of carbonyl (C=O) groups is 1. The molecule has 0 atom stereocenters. The number of aromatic nitrogens is 4. The van der Waals surface area contributed by atoms with Gasteiger partial charge in [0.05, 0.1) is 25.4 Å². The number of methoxy groups -OCH3 is 2. The Kier molecular flexibility index (Phi) is 7.59. The molecule has 1 N–H and O–H groups in total. The zero-order valence-corrected chi connectivity index (χ0v) is 22.8. The number of hydrogen-bond donors (Lipinski definition) is 1. The molecule has 2 aromatic heterocycles. The summed E-state index contributed by atoms with van der Waals surface area (Å²) in [6.45, 7) is 3.52. The summed E-state index contributed by atoms with van der Waals surface area (Å²) in [6.07, 6.45) is 2.03. The fourth-order valence-electron chi connectivity index (χ4n) is 4.36. The van der Waals surface area contributed by atoms with Gasteiger partial charge in [0.1, 0.15) is 12.1 Å². The Morgan fingerprint density at radius 2 is 1.73 bits per heavy atom. The van der Waals surface area contributed by atoms with Crippen LogP contribution in [0.4, 0.5) is 15.9 Å². The number of esters is 1. The first-order chi connectivity index (χ1) is 19.8. The largest absolute Gasteiger partial charge is 0.493 e. The van der Waals surface area contributed by atoms with Crippen LogP contribution in [0.5, 0.6) is 17.2 Å². The molecule has 5 aromatic rings. The van der Waals surface area contributed by atoms with E-state index < -0.39 is 17.3 Å². The molecular formula is C30H26FN5O5. The third-order valence-electron chi connectivity index (χ3n) is 6.45. The van der Waals surface area contributed by atoms with Crippen molar-refractivity contribution in [2.75, 3.05) is 19.5 Å². The number of ether oxygens (including phenoxy) is 3. The van der Waals surface area contributed by atoms with Crippen molar-refractivity contribution in [1.82, 2.24) is 19.7 Å². The van der Waals surface area contributed by atoms with Gasteiger partial charge in [0.25, 0.3) is 5.56 Å². The zero-order valence-electron chi connectivity index (χ0n) is 22.8. The molecule has 0 saturated carbocycles. The van der Waals surface area contributed by atoms with Crippen molar-refractivity contribution in [3.05, 3.63) is 100.0 Å². The second-order valence-corrected chi connectivity index (χ2v) is 9.01. The summed E-state index contributed by atoms with van der Waals surface area (Å²) >= 11 is 0. The van der Waals surface area contributed by atoms with E-state index in [1.54, 1.807) is 31.2 Å². The molecule has 0 fully saturated rings. The first kappa shape index (κ1) is 27.3. The molecule has 0 amide bonds. The second-order valence-electron chi connectivity index (χ2n) is 9.01. The lowest BCUT2D eigenvalue weighted by molar-refractivity contribution is 0.0718. The summed E-state index contributed by atoms with van der Waals surface area (Å²) in [5.74, 6) is -0.591. The van der Waals surface area contributed by atoms with Crippen LogP contribution in [0.1, 0.15) is 28.5 Å². The van der Waals surface area contributed by atoms with E-state index in [9.17, 15) is 14.0 Å². The van der Waals surface area contributed by atoms with E-state index >= 15 is 0 Å². The van der Waals surface area contributed by atoms with Crippen LogP contribution in [0.15, 0.2) is 71.8 Å². The van der Waals surface area contributed by atoms with E-state index in [0.29, 0.717) is 51.6 Å². The monoisotopic (exact) mass is 555 g/mol. The molecule has 0 unspecified atom stereocenters. The molecule has 0 radical (unpaired) electrons. The van der Waals surface area contributed by atoms with Crippen LogP contribution < -0.4 is 25.1 Å². The summed E-state index contributed by atoms with van der Waals surface area (Å²) in [4.78, 5) is 34.5. The van der Waals surface area contributed by atoms with Gasteiger partial charge < -0.3 is 19.5 Å². The minimum absolute atomic E-state index is 0.115. The van der Waals surface area contributed by atoms with Crippen LogP contribution in [0, 0.1) is 12.7 Å². The lowest BCUT2D eigenvalue weighted by atomic mass is 10.1. The van der Waals surface area contributed by atoms with Gasteiger partial charge in [-0.2, -0.15) is 9.78 Å². The highest BCUT2D eigenvalue weighted by atomic mass is 19.1. The quantitative estimate of drug-likeness (QED) is 0.204. The number of fused-ring (bicyclic) bond motifs is 1.